The molecule has 0 aliphatic rings. The van der Waals surface area contributed by atoms with E-state index in [0.717, 1.165) is 5.56 Å². The second-order valence-corrected chi connectivity index (χ2v) is 4.25. The lowest BCUT2D eigenvalue weighted by atomic mass is 10.2. The van der Waals surface area contributed by atoms with Crippen molar-refractivity contribution in [1.82, 2.24) is 0 Å². The molecular weight excluding hydrogens is 245 g/mol. The monoisotopic (exact) mass is 261 g/mol. The molecule has 2 aromatic carbocycles. The summed E-state index contributed by atoms with van der Waals surface area (Å²) in [5, 5.41) is 0. The number of halogens is 1. The van der Waals surface area contributed by atoms with E-state index in [1.54, 1.807) is 44.4 Å². The van der Waals surface area contributed by atoms with E-state index in [-0.39, 0.29) is 18.2 Å². The van der Waals surface area contributed by atoms with Crippen LogP contribution in [0, 0.1) is 12.7 Å². The molecule has 100 valence electrons. The first-order valence-electron chi connectivity index (χ1n) is 5.92. The number of nitrogen functional groups attached to an aromatic ring is 1. The van der Waals surface area contributed by atoms with Crippen molar-refractivity contribution in [2.45, 2.75) is 13.5 Å². The molecule has 3 nitrogen and oxygen atoms in total. The summed E-state index contributed by atoms with van der Waals surface area (Å²) in [5.41, 5.74) is 7.66. The van der Waals surface area contributed by atoms with Gasteiger partial charge in [-0.05, 0) is 30.7 Å². The van der Waals surface area contributed by atoms with Gasteiger partial charge in [-0.3, -0.25) is 0 Å². The fourth-order valence-corrected chi connectivity index (χ4v) is 1.77. The lowest BCUT2D eigenvalue weighted by Gasteiger charge is -2.12. The van der Waals surface area contributed by atoms with Gasteiger partial charge in [-0.15, -0.1) is 0 Å². The summed E-state index contributed by atoms with van der Waals surface area (Å²) >= 11 is 0. The van der Waals surface area contributed by atoms with Crippen LogP contribution in [0.1, 0.15) is 11.1 Å². The van der Waals surface area contributed by atoms with E-state index in [1.807, 2.05) is 6.07 Å². The maximum Gasteiger partial charge on any atom is 0.167 e. The van der Waals surface area contributed by atoms with Crippen LogP contribution in [-0.4, -0.2) is 7.11 Å². The highest BCUT2D eigenvalue weighted by molar-refractivity contribution is 5.48. The molecule has 2 aromatic rings. The molecule has 0 aromatic heterocycles. The van der Waals surface area contributed by atoms with E-state index in [9.17, 15) is 4.39 Å². The van der Waals surface area contributed by atoms with E-state index in [0.29, 0.717) is 17.0 Å². The van der Waals surface area contributed by atoms with Crippen LogP contribution >= 0.6 is 0 Å². The number of benzene rings is 2. The first kappa shape index (κ1) is 13.2. The highest BCUT2D eigenvalue weighted by atomic mass is 19.1. The van der Waals surface area contributed by atoms with Crippen molar-refractivity contribution in [2.75, 3.05) is 12.8 Å². The quantitative estimate of drug-likeness (QED) is 0.859. The second kappa shape index (κ2) is 5.61. The predicted octanol–water partition coefficient (Wildman–Crippen LogP) is 3.30. The largest absolute Gasteiger partial charge is 0.496 e. The molecule has 0 atom stereocenters. The highest BCUT2D eigenvalue weighted by Crippen LogP contribution is 2.25. The first-order valence-corrected chi connectivity index (χ1v) is 5.92. The summed E-state index contributed by atoms with van der Waals surface area (Å²) < 4.78 is 24.5. The normalized spacial score (nSPS) is 10.3. The van der Waals surface area contributed by atoms with Crippen LogP contribution in [0.3, 0.4) is 0 Å². The third kappa shape index (κ3) is 2.96. The van der Waals surface area contributed by atoms with Gasteiger partial charge < -0.3 is 15.2 Å². The molecule has 0 amide bonds. The molecule has 0 saturated carbocycles. The summed E-state index contributed by atoms with van der Waals surface area (Å²) in [6.07, 6.45) is 0. The van der Waals surface area contributed by atoms with Crippen LogP contribution < -0.4 is 15.2 Å². The van der Waals surface area contributed by atoms with Crippen molar-refractivity contribution >= 4 is 5.69 Å². The number of methoxy groups -OCH3 is 1. The van der Waals surface area contributed by atoms with Gasteiger partial charge in [0.05, 0.1) is 7.11 Å². The smallest absolute Gasteiger partial charge is 0.167 e. The summed E-state index contributed by atoms with van der Waals surface area (Å²) in [6, 6.07) is 10.3. The van der Waals surface area contributed by atoms with Gasteiger partial charge in [-0.1, -0.05) is 12.1 Å². The Morgan fingerprint density at radius 3 is 2.68 bits per heavy atom. The van der Waals surface area contributed by atoms with E-state index in [2.05, 4.69) is 0 Å². The van der Waals surface area contributed by atoms with Crippen molar-refractivity contribution in [1.29, 1.82) is 0 Å². The van der Waals surface area contributed by atoms with Crippen LogP contribution in [0.2, 0.25) is 0 Å². The van der Waals surface area contributed by atoms with Crippen LogP contribution in [0.5, 0.6) is 11.5 Å². The van der Waals surface area contributed by atoms with Crippen LogP contribution in [0.4, 0.5) is 10.1 Å². The van der Waals surface area contributed by atoms with E-state index in [4.69, 9.17) is 15.2 Å². The lowest BCUT2D eigenvalue weighted by molar-refractivity contribution is 0.282. The molecule has 0 aliphatic heterocycles. The zero-order valence-electron chi connectivity index (χ0n) is 10.9. The second-order valence-electron chi connectivity index (χ2n) is 4.25. The molecule has 0 spiro atoms. The molecule has 0 radical (unpaired) electrons. The van der Waals surface area contributed by atoms with Crippen LogP contribution in [0.25, 0.3) is 0 Å². The van der Waals surface area contributed by atoms with Crippen LogP contribution in [0.15, 0.2) is 36.4 Å². The molecule has 4 heteroatoms. The number of rotatable bonds is 4. The molecule has 0 aliphatic carbocycles. The van der Waals surface area contributed by atoms with E-state index in [1.165, 1.54) is 0 Å². The third-order valence-electron chi connectivity index (χ3n) is 2.85. The zero-order valence-corrected chi connectivity index (χ0v) is 10.9. The molecule has 0 fully saturated rings. The minimum atomic E-state index is -0.336. The Kier molecular flexibility index (Phi) is 3.90. The minimum absolute atomic E-state index is 0.226. The number of aryl methyl sites for hydroxylation is 1. The molecule has 0 heterocycles. The van der Waals surface area contributed by atoms with Gasteiger partial charge in [0, 0.05) is 17.3 Å². The molecule has 0 unspecified atom stereocenters. The molecule has 0 saturated heterocycles. The Morgan fingerprint density at radius 1 is 1.16 bits per heavy atom. The van der Waals surface area contributed by atoms with Crippen LogP contribution in [-0.2, 0) is 6.61 Å². The Balaban J connectivity index is 2.17. The third-order valence-corrected chi connectivity index (χ3v) is 2.85. The molecule has 19 heavy (non-hydrogen) atoms. The minimum Gasteiger partial charge on any atom is -0.496 e. The Morgan fingerprint density at radius 2 is 1.95 bits per heavy atom. The fourth-order valence-electron chi connectivity index (χ4n) is 1.77. The maximum atomic E-state index is 13.8. The van der Waals surface area contributed by atoms with E-state index >= 15 is 0 Å². The van der Waals surface area contributed by atoms with E-state index < -0.39 is 0 Å². The van der Waals surface area contributed by atoms with Crippen molar-refractivity contribution < 1.29 is 13.9 Å². The summed E-state index contributed by atoms with van der Waals surface area (Å²) in [7, 11) is 1.56. The predicted molar refractivity (Wildman–Crippen MR) is 72.9 cm³/mol. The van der Waals surface area contributed by atoms with Gasteiger partial charge >= 0.3 is 0 Å². The first-order chi connectivity index (χ1) is 9.11. The molecule has 0 bridgehead atoms. The number of hydrogen-bond acceptors (Lipinski definition) is 3. The highest BCUT2D eigenvalue weighted by Gasteiger charge is 2.08. The molecule has 2 rings (SSSR count). The number of anilines is 1. The van der Waals surface area contributed by atoms with Gasteiger partial charge in [0.25, 0.3) is 0 Å². The summed E-state index contributed by atoms with van der Waals surface area (Å²) in [5.74, 6) is 0.531. The number of nitrogens with two attached hydrogens (primary N) is 1. The van der Waals surface area contributed by atoms with Crippen molar-refractivity contribution in [3.05, 3.63) is 53.3 Å². The Labute approximate surface area is 111 Å². The Bertz CT molecular complexity index is 584. The molecular formula is C15H16FNO2. The van der Waals surface area contributed by atoms with Gasteiger partial charge in [0.2, 0.25) is 0 Å². The average Bonchev–Trinajstić information content (AvgIpc) is 2.41. The summed E-state index contributed by atoms with van der Waals surface area (Å²) in [4.78, 5) is 0. The van der Waals surface area contributed by atoms with Gasteiger partial charge in [0.1, 0.15) is 12.4 Å². The van der Waals surface area contributed by atoms with Crippen molar-refractivity contribution in [3.8, 4) is 11.5 Å². The van der Waals surface area contributed by atoms with Crippen molar-refractivity contribution in [2.24, 2.45) is 0 Å². The van der Waals surface area contributed by atoms with Gasteiger partial charge in [0.15, 0.2) is 11.6 Å². The SMILES string of the molecule is COc1cc(N)ccc1COc1cccc(C)c1F. The maximum absolute atomic E-state index is 13.8. The Hall–Kier alpha value is -2.23. The molecule has 2 N–H and O–H groups in total. The fraction of sp³-hybridized carbons (Fsp3) is 0.200. The number of hydrogen-bond donors (Lipinski definition) is 1. The number of ether oxygens (including phenoxy) is 2. The topological polar surface area (TPSA) is 44.5 Å². The zero-order chi connectivity index (χ0) is 13.8. The van der Waals surface area contributed by atoms with Gasteiger partial charge in [-0.2, -0.15) is 0 Å². The average molecular weight is 261 g/mol. The van der Waals surface area contributed by atoms with Crippen molar-refractivity contribution in [3.63, 3.8) is 0 Å². The standard InChI is InChI=1S/C15H16FNO2/c1-10-4-3-5-13(15(10)16)19-9-11-6-7-12(17)8-14(11)18-2/h3-8H,9,17H2,1-2H3. The lowest BCUT2D eigenvalue weighted by Crippen LogP contribution is -2.01. The van der Waals surface area contributed by atoms with Gasteiger partial charge in [-0.25, -0.2) is 4.39 Å². The summed E-state index contributed by atoms with van der Waals surface area (Å²) in [6.45, 7) is 1.93.